The maximum absolute atomic E-state index is 12.9. The zero-order valence-corrected chi connectivity index (χ0v) is 20.0. The minimum Gasteiger partial charge on any atom is -0.497 e. The fraction of sp³-hybridized carbons (Fsp3) is 0.269. The molecule has 0 saturated carbocycles. The normalized spacial score (nSPS) is 15.2. The highest BCUT2D eigenvalue weighted by Gasteiger charge is 2.23. The van der Waals surface area contributed by atoms with E-state index in [0.29, 0.717) is 17.2 Å². The number of hydrogen-bond donors (Lipinski definition) is 1. The number of hydrogen-bond acceptors (Lipinski definition) is 5. The van der Waals surface area contributed by atoms with Crippen LogP contribution in [0.25, 0.3) is 0 Å². The molecular formula is C26H28N2O5S. The molecule has 3 aromatic carbocycles. The monoisotopic (exact) mass is 480 g/mol. The molecule has 7 nitrogen and oxygen atoms in total. The van der Waals surface area contributed by atoms with Crippen LogP contribution in [0.1, 0.15) is 30.0 Å². The number of nitrogens with one attached hydrogen (secondary N) is 1. The van der Waals surface area contributed by atoms with Gasteiger partial charge in [0.1, 0.15) is 11.5 Å². The first-order valence-electron chi connectivity index (χ1n) is 11.1. The van der Waals surface area contributed by atoms with Crippen LogP contribution in [0.5, 0.6) is 11.5 Å². The highest BCUT2D eigenvalue weighted by atomic mass is 32.2. The summed E-state index contributed by atoms with van der Waals surface area (Å²) in [5, 5.41) is 3.06. The minimum absolute atomic E-state index is 0.000219. The third-order valence-corrected chi connectivity index (χ3v) is 7.79. The van der Waals surface area contributed by atoms with Gasteiger partial charge in [-0.2, -0.15) is 0 Å². The first kappa shape index (κ1) is 23.6. The van der Waals surface area contributed by atoms with E-state index in [2.05, 4.69) is 17.4 Å². The van der Waals surface area contributed by atoms with Gasteiger partial charge in [0.2, 0.25) is 0 Å². The number of rotatable bonds is 8. The van der Waals surface area contributed by atoms with Gasteiger partial charge in [-0.15, -0.1) is 0 Å². The van der Waals surface area contributed by atoms with E-state index in [1.807, 2.05) is 12.1 Å². The summed E-state index contributed by atoms with van der Waals surface area (Å²) in [6, 6.07) is 21.0. The highest BCUT2D eigenvalue weighted by Crippen LogP contribution is 2.29. The fourth-order valence-electron chi connectivity index (χ4n) is 4.09. The molecule has 0 radical (unpaired) electrons. The number of carbonyl (C=O) groups excluding carboxylic acids is 1. The molecule has 0 heterocycles. The van der Waals surface area contributed by atoms with Gasteiger partial charge in [-0.3, -0.25) is 9.10 Å². The second-order valence-corrected chi connectivity index (χ2v) is 10.1. The van der Waals surface area contributed by atoms with Crippen LogP contribution in [-0.2, 0) is 21.2 Å². The molecule has 1 aliphatic rings. The lowest BCUT2D eigenvalue weighted by Gasteiger charge is -2.26. The van der Waals surface area contributed by atoms with E-state index in [0.717, 1.165) is 19.3 Å². The molecule has 1 unspecified atom stereocenters. The van der Waals surface area contributed by atoms with E-state index in [1.165, 1.54) is 41.7 Å². The molecule has 1 amide bonds. The van der Waals surface area contributed by atoms with Gasteiger partial charge in [0.15, 0.2) is 6.61 Å². The zero-order valence-electron chi connectivity index (χ0n) is 19.2. The number of methoxy groups -OCH3 is 1. The Kier molecular flexibility index (Phi) is 7.07. The van der Waals surface area contributed by atoms with Gasteiger partial charge >= 0.3 is 0 Å². The Morgan fingerprint density at radius 3 is 2.38 bits per heavy atom. The summed E-state index contributed by atoms with van der Waals surface area (Å²) in [4.78, 5) is 12.6. The van der Waals surface area contributed by atoms with E-state index in [9.17, 15) is 13.2 Å². The molecule has 178 valence electrons. The molecule has 8 heteroatoms. The van der Waals surface area contributed by atoms with Crippen LogP contribution < -0.4 is 19.1 Å². The molecule has 34 heavy (non-hydrogen) atoms. The summed E-state index contributed by atoms with van der Waals surface area (Å²) < 4.78 is 37.7. The van der Waals surface area contributed by atoms with Crippen LogP contribution in [0.15, 0.2) is 77.7 Å². The van der Waals surface area contributed by atoms with Crippen molar-refractivity contribution < 1.29 is 22.7 Å². The Hall–Kier alpha value is -3.52. The van der Waals surface area contributed by atoms with Gasteiger partial charge < -0.3 is 14.8 Å². The van der Waals surface area contributed by atoms with Crippen molar-refractivity contribution in [2.75, 3.05) is 25.1 Å². The molecule has 0 spiro atoms. The van der Waals surface area contributed by atoms with E-state index < -0.39 is 10.0 Å². The summed E-state index contributed by atoms with van der Waals surface area (Å²) in [6.07, 6.45) is 2.98. The predicted octanol–water partition coefficient (Wildman–Crippen LogP) is 4.09. The lowest BCUT2D eigenvalue weighted by Crippen LogP contribution is -2.34. The Balaban J connectivity index is 1.35. The Morgan fingerprint density at radius 1 is 1.00 bits per heavy atom. The van der Waals surface area contributed by atoms with Crippen molar-refractivity contribution >= 4 is 21.6 Å². The van der Waals surface area contributed by atoms with Gasteiger partial charge in [-0.05, 0) is 78.9 Å². The van der Waals surface area contributed by atoms with Gasteiger partial charge in [-0.25, -0.2) is 8.42 Å². The maximum atomic E-state index is 12.9. The molecule has 0 fully saturated rings. The minimum atomic E-state index is -3.72. The van der Waals surface area contributed by atoms with Crippen LogP contribution >= 0.6 is 0 Å². The average Bonchev–Trinajstić information content (AvgIpc) is 2.87. The van der Waals surface area contributed by atoms with Crippen LogP contribution in [0.4, 0.5) is 5.69 Å². The van der Waals surface area contributed by atoms with Crippen LogP contribution in [0.2, 0.25) is 0 Å². The van der Waals surface area contributed by atoms with Crippen molar-refractivity contribution in [3.8, 4) is 11.5 Å². The number of sulfonamides is 1. The third-order valence-electron chi connectivity index (χ3n) is 5.99. The number of benzene rings is 3. The lowest BCUT2D eigenvalue weighted by molar-refractivity contribution is -0.123. The van der Waals surface area contributed by atoms with Crippen molar-refractivity contribution in [2.45, 2.75) is 30.2 Å². The topological polar surface area (TPSA) is 84.9 Å². The molecule has 3 aromatic rings. The van der Waals surface area contributed by atoms with Crippen LogP contribution in [0.3, 0.4) is 0 Å². The number of nitrogens with zero attached hydrogens (tertiary/aromatic N) is 1. The van der Waals surface area contributed by atoms with Crippen molar-refractivity contribution in [1.82, 2.24) is 5.32 Å². The summed E-state index contributed by atoms with van der Waals surface area (Å²) in [7, 11) is -0.707. The number of anilines is 1. The average molecular weight is 481 g/mol. The SMILES string of the molecule is COc1ccc(S(=O)(=O)N(C)c2ccc(OCC(=O)NC3CCCc4ccccc43)cc2)cc1. The molecule has 0 aliphatic heterocycles. The quantitative estimate of drug-likeness (QED) is 0.525. The van der Waals surface area contributed by atoms with Crippen molar-refractivity contribution in [3.63, 3.8) is 0 Å². The number of amides is 1. The largest absolute Gasteiger partial charge is 0.497 e. The molecule has 4 rings (SSSR count). The molecule has 1 N–H and O–H groups in total. The van der Waals surface area contributed by atoms with Gasteiger partial charge in [0.25, 0.3) is 15.9 Å². The Labute approximate surface area is 200 Å². The van der Waals surface area contributed by atoms with Crippen molar-refractivity contribution in [1.29, 1.82) is 0 Å². The zero-order chi connectivity index (χ0) is 24.1. The van der Waals surface area contributed by atoms with E-state index in [-0.39, 0.29) is 23.5 Å². The first-order chi connectivity index (χ1) is 16.4. The van der Waals surface area contributed by atoms with Gasteiger partial charge in [0.05, 0.1) is 23.7 Å². The number of carbonyl (C=O) groups is 1. The van der Waals surface area contributed by atoms with Crippen molar-refractivity contribution in [2.24, 2.45) is 0 Å². The second kappa shape index (κ2) is 10.2. The van der Waals surface area contributed by atoms with Gasteiger partial charge in [-0.1, -0.05) is 24.3 Å². The Bertz CT molecular complexity index is 1240. The summed E-state index contributed by atoms with van der Waals surface area (Å²) in [5.74, 6) is 0.878. The van der Waals surface area contributed by atoms with E-state index >= 15 is 0 Å². The number of ether oxygens (including phenoxy) is 2. The smallest absolute Gasteiger partial charge is 0.264 e. The summed E-state index contributed by atoms with van der Waals surface area (Å²) in [6.45, 7) is -0.113. The first-order valence-corrected chi connectivity index (χ1v) is 12.6. The highest BCUT2D eigenvalue weighted by molar-refractivity contribution is 7.92. The molecular weight excluding hydrogens is 452 g/mol. The lowest BCUT2D eigenvalue weighted by atomic mass is 9.88. The van der Waals surface area contributed by atoms with Crippen LogP contribution in [-0.4, -0.2) is 35.1 Å². The molecule has 0 bridgehead atoms. The fourth-order valence-corrected chi connectivity index (χ4v) is 5.28. The summed E-state index contributed by atoms with van der Waals surface area (Å²) >= 11 is 0. The second-order valence-electron chi connectivity index (χ2n) is 8.14. The molecule has 0 saturated heterocycles. The maximum Gasteiger partial charge on any atom is 0.264 e. The van der Waals surface area contributed by atoms with E-state index in [4.69, 9.17) is 9.47 Å². The Morgan fingerprint density at radius 2 is 1.68 bits per heavy atom. The third kappa shape index (κ3) is 5.17. The van der Waals surface area contributed by atoms with Crippen LogP contribution in [0, 0.1) is 0 Å². The molecule has 1 atom stereocenters. The number of aryl methyl sites for hydroxylation is 1. The van der Waals surface area contributed by atoms with Crippen molar-refractivity contribution in [3.05, 3.63) is 83.9 Å². The predicted molar refractivity (Wildman–Crippen MR) is 131 cm³/mol. The number of fused-ring (bicyclic) bond motifs is 1. The van der Waals surface area contributed by atoms with Gasteiger partial charge in [0, 0.05) is 7.05 Å². The summed E-state index contributed by atoms with van der Waals surface area (Å²) in [5.41, 5.74) is 2.93. The standard InChI is InChI=1S/C26H28N2O5S/c1-28(34(30,31)23-16-14-21(32-2)15-17-23)20-10-12-22(13-11-20)33-18-26(29)27-25-9-5-7-19-6-3-4-8-24(19)25/h3-4,6,8,10-17,25H,5,7,9,18H2,1-2H3,(H,27,29). The molecule has 1 aliphatic carbocycles. The van der Waals surface area contributed by atoms with E-state index in [1.54, 1.807) is 36.4 Å². The molecule has 0 aromatic heterocycles.